The van der Waals surface area contributed by atoms with Crippen LogP contribution in [0.4, 0.5) is 17.1 Å². The second-order valence-electron chi connectivity index (χ2n) is 10.2. The van der Waals surface area contributed by atoms with Gasteiger partial charge in [-0.1, -0.05) is 121 Å². The Morgan fingerprint density at radius 1 is 0.425 bits per heavy atom. The van der Waals surface area contributed by atoms with E-state index in [0.717, 1.165) is 11.4 Å². The number of benzene rings is 7. The number of anilines is 3. The summed E-state index contributed by atoms with van der Waals surface area (Å²) in [7, 11) is 0. The first kappa shape index (κ1) is 23.0. The number of fused-ring (bicyclic) bond motifs is 7. The maximum atomic E-state index is 2.40. The van der Waals surface area contributed by atoms with Gasteiger partial charge in [-0.25, -0.2) is 0 Å². The molecule has 0 fully saturated rings. The van der Waals surface area contributed by atoms with E-state index in [1.165, 1.54) is 58.5 Å². The van der Waals surface area contributed by atoms with E-state index in [9.17, 15) is 0 Å². The molecular formula is C38H25NS. The molecule has 8 rings (SSSR count). The standard InChI is InChI=1S/C38H25NS/c1-3-11-26(12-4-1)27-19-22-30(23-20-27)39(29-14-5-2-6-15-29)35-25-36-37(33-18-10-9-17-32(33)35)34-24-21-28-13-7-8-16-31(28)38(34)40-36/h1-25H. The lowest BCUT2D eigenvalue weighted by molar-refractivity contribution is 1.30. The van der Waals surface area contributed by atoms with Crippen molar-refractivity contribution in [2.45, 2.75) is 0 Å². The summed E-state index contributed by atoms with van der Waals surface area (Å²) in [6.07, 6.45) is 0. The Bertz CT molecular complexity index is 2140. The van der Waals surface area contributed by atoms with E-state index in [-0.39, 0.29) is 0 Å². The third kappa shape index (κ3) is 3.69. The summed E-state index contributed by atoms with van der Waals surface area (Å²) in [5.74, 6) is 0. The second-order valence-corrected chi connectivity index (χ2v) is 11.2. The predicted molar refractivity (Wildman–Crippen MR) is 174 cm³/mol. The molecule has 0 radical (unpaired) electrons. The molecule has 0 atom stereocenters. The topological polar surface area (TPSA) is 3.24 Å². The molecule has 0 unspecified atom stereocenters. The van der Waals surface area contributed by atoms with Gasteiger partial charge in [-0.3, -0.25) is 0 Å². The van der Waals surface area contributed by atoms with Gasteiger partial charge in [0.2, 0.25) is 0 Å². The molecule has 0 spiro atoms. The molecule has 1 nitrogen and oxygen atoms in total. The average molecular weight is 528 g/mol. The Morgan fingerprint density at radius 2 is 1.02 bits per heavy atom. The Balaban J connectivity index is 1.40. The monoisotopic (exact) mass is 527 g/mol. The van der Waals surface area contributed by atoms with Gasteiger partial charge in [0, 0.05) is 36.9 Å². The van der Waals surface area contributed by atoms with E-state index in [1.54, 1.807) is 0 Å². The third-order valence-electron chi connectivity index (χ3n) is 7.84. The molecular weight excluding hydrogens is 502 g/mol. The van der Waals surface area contributed by atoms with Crippen LogP contribution in [0.1, 0.15) is 0 Å². The summed E-state index contributed by atoms with van der Waals surface area (Å²) in [6.45, 7) is 0. The van der Waals surface area contributed by atoms with Crippen molar-refractivity contribution in [2.75, 3.05) is 4.90 Å². The van der Waals surface area contributed by atoms with Gasteiger partial charge in [-0.15, -0.1) is 11.3 Å². The Labute approximate surface area is 237 Å². The molecule has 40 heavy (non-hydrogen) atoms. The SMILES string of the molecule is c1ccc(-c2ccc(N(c3ccccc3)c3cc4sc5c6ccccc6ccc5c4c4ccccc34)cc2)cc1. The molecule has 0 saturated carbocycles. The fourth-order valence-electron chi connectivity index (χ4n) is 5.97. The van der Waals surface area contributed by atoms with Crippen molar-refractivity contribution < 1.29 is 0 Å². The second kappa shape index (κ2) is 9.37. The first-order valence-corrected chi connectivity index (χ1v) is 14.4. The molecule has 0 aliphatic carbocycles. The van der Waals surface area contributed by atoms with Crippen LogP contribution < -0.4 is 4.90 Å². The molecule has 0 aliphatic rings. The summed E-state index contributed by atoms with van der Waals surface area (Å²) in [5, 5.41) is 7.83. The third-order valence-corrected chi connectivity index (χ3v) is 9.02. The van der Waals surface area contributed by atoms with Gasteiger partial charge in [-0.05, 0) is 57.6 Å². The van der Waals surface area contributed by atoms with Crippen molar-refractivity contribution in [3.63, 3.8) is 0 Å². The van der Waals surface area contributed by atoms with Crippen LogP contribution in [-0.2, 0) is 0 Å². The molecule has 0 N–H and O–H groups in total. The van der Waals surface area contributed by atoms with Gasteiger partial charge in [0.25, 0.3) is 0 Å². The maximum Gasteiger partial charge on any atom is 0.0554 e. The average Bonchev–Trinajstić information content (AvgIpc) is 3.42. The lowest BCUT2D eigenvalue weighted by Gasteiger charge is -2.27. The molecule has 1 aromatic heterocycles. The zero-order valence-electron chi connectivity index (χ0n) is 21.8. The minimum Gasteiger partial charge on any atom is -0.310 e. The number of rotatable bonds is 4. The quantitative estimate of drug-likeness (QED) is 0.220. The minimum absolute atomic E-state index is 1.14. The number of hydrogen-bond acceptors (Lipinski definition) is 2. The highest BCUT2D eigenvalue weighted by Gasteiger charge is 2.20. The number of thiophene rings is 1. The molecule has 0 amide bonds. The summed E-state index contributed by atoms with van der Waals surface area (Å²) in [6, 6.07) is 54.8. The first-order chi connectivity index (χ1) is 19.8. The Morgan fingerprint density at radius 3 is 1.80 bits per heavy atom. The lowest BCUT2D eigenvalue weighted by Crippen LogP contribution is -2.10. The van der Waals surface area contributed by atoms with E-state index in [1.807, 2.05) is 11.3 Å². The molecule has 188 valence electrons. The van der Waals surface area contributed by atoms with Crippen LogP contribution in [0.15, 0.2) is 152 Å². The van der Waals surface area contributed by atoms with E-state index >= 15 is 0 Å². The van der Waals surface area contributed by atoms with Crippen LogP contribution in [0.5, 0.6) is 0 Å². The summed E-state index contributed by atoms with van der Waals surface area (Å²) in [4.78, 5) is 2.40. The Kier molecular flexibility index (Phi) is 5.39. The summed E-state index contributed by atoms with van der Waals surface area (Å²) in [5.41, 5.74) is 5.92. The molecule has 2 heteroatoms. The van der Waals surface area contributed by atoms with E-state index in [2.05, 4.69) is 157 Å². The van der Waals surface area contributed by atoms with Gasteiger partial charge >= 0.3 is 0 Å². The van der Waals surface area contributed by atoms with Crippen LogP contribution in [0.25, 0.3) is 52.8 Å². The normalized spacial score (nSPS) is 11.5. The van der Waals surface area contributed by atoms with Gasteiger partial charge in [0.15, 0.2) is 0 Å². The molecule has 0 aliphatic heterocycles. The van der Waals surface area contributed by atoms with Crippen molar-refractivity contribution in [1.29, 1.82) is 0 Å². The highest BCUT2D eigenvalue weighted by Crippen LogP contribution is 2.47. The van der Waals surface area contributed by atoms with Gasteiger partial charge in [0.1, 0.15) is 0 Å². The predicted octanol–water partition coefficient (Wildman–Crippen LogP) is 11.5. The van der Waals surface area contributed by atoms with Crippen LogP contribution >= 0.6 is 11.3 Å². The van der Waals surface area contributed by atoms with E-state index in [0.29, 0.717) is 0 Å². The van der Waals surface area contributed by atoms with Crippen molar-refractivity contribution in [3.8, 4) is 11.1 Å². The lowest BCUT2D eigenvalue weighted by atomic mass is 9.99. The largest absolute Gasteiger partial charge is 0.310 e. The fraction of sp³-hybridized carbons (Fsp3) is 0. The first-order valence-electron chi connectivity index (χ1n) is 13.6. The van der Waals surface area contributed by atoms with E-state index < -0.39 is 0 Å². The van der Waals surface area contributed by atoms with Crippen molar-refractivity contribution >= 4 is 70.1 Å². The molecule has 0 saturated heterocycles. The van der Waals surface area contributed by atoms with Crippen molar-refractivity contribution in [3.05, 3.63) is 152 Å². The molecule has 8 aromatic rings. The fourth-order valence-corrected chi connectivity index (χ4v) is 7.26. The van der Waals surface area contributed by atoms with Gasteiger partial charge < -0.3 is 4.90 Å². The zero-order valence-corrected chi connectivity index (χ0v) is 22.6. The Hall–Kier alpha value is -4.92. The molecule has 0 bridgehead atoms. The molecule has 7 aromatic carbocycles. The van der Waals surface area contributed by atoms with Crippen molar-refractivity contribution in [2.24, 2.45) is 0 Å². The highest BCUT2D eigenvalue weighted by molar-refractivity contribution is 7.27. The smallest absolute Gasteiger partial charge is 0.0554 e. The van der Waals surface area contributed by atoms with Gasteiger partial charge in [-0.2, -0.15) is 0 Å². The van der Waals surface area contributed by atoms with Crippen LogP contribution in [0.3, 0.4) is 0 Å². The molecule has 1 heterocycles. The maximum absolute atomic E-state index is 2.40. The van der Waals surface area contributed by atoms with Crippen molar-refractivity contribution in [1.82, 2.24) is 0 Å². The van der Waals surface area contributed by atoms with E-state index in [4.69, 9.17) is 0 Å². The van der Waals surface area contributed by atoms with Gasteiger partial charge in [0.05, 0.1) is 5.69 Å². The summed E-state index contributed by atoms with van der Waals surface area (Å²) < 4.78 is 2.66. The number of hydrogen-bond donors (Lipinski definition) is 0. The van der Waals surface area contributed by atoms with Crippen LogP contribution in [0, 0.1) is 0 Å². The number of nitrogens with zero attached hydrogens (tertiary/aromatic N) is 1. The van der Waals surface area contributed by atoms with Crippen LogP contribution in [0.2, 0.25) is 0 Å². The zero-order chi connectivity index (χ0) is 26.5. The number of para-hydroxylation sites is 1. The summed E-state index contributed by atoms with van der Waals surface area (Å²) >= 11 is 1.90. The van der Waals surface area contributed by atoms with Crippen LogP contribution in [-0.4, -0.2) is 0 Å². The highest BCUT2D eigenvalue weighted by atomic mass is 32.1. The minimum atomic E-state index is 1.14.